The first kappa shape index (κ1) is 20.9. The molecule has 6 heteroatoms. The number of benzene rings is 2. The molecule has 0 atom stereocenters. The van der Waals surface area contributed by atoms with Crippen LogP contribution in [0.4, 0.5) is 0 Å². The van der Waals surface area contributed by atoms with Crippen molar-refractivity contribution in [3.63, 3.8) is 0 Å². The van der Waals surface area contributed by atoms with E-state index in [1.807, 2.05) is 30.3 Å². The first-order valence-electron chi connectivity index (χ1n) is 9.31. The summed E-state index contributed by atoms with van der Waals surface area (Å²) in [5.41, 5.74) is 3.20. The van der Waals surface area contributed by atoms with E-state index >= 15 is 0 Å². The molecule has 152 valence electrons. The van der Waals surface area contributed by atoms with Gasteiger partial charge in [-0.15, -0.1) is 11.3 Å². The molecular weight excluding hydrogens is 384 g/mol. The summed E-state index contributed by atoms with van der Waals surface area (Å²) in [5, 5.41) is 3.02. The Balaban J connectivity index is 1.65. The van der Waals surface area contributed by atoms with Crippen LogP contribution in [0.1, 0.15) is 11.3 Å². The fraction of sp³-hybridized carbons (Fsp3) is 0.261. The van der Waals surface area contributed by atoms with Crippen molar-refractivity contribution >= 4 is 11.3 Å². The lowest BCUT2D eigenvalue weighted by molar-refractivity contribution is 0.315. The molecule has 0 amide bonds. The topological polar surface area (TPSA) is 43.8 Å². The Morgan fingerprint density at radius 1 is 1.07 bits per heavy atom. The van der Waals surface area contributed by atoms with Crippen LogP contribution >= 0.6 is 11.3 Å². The Morgan fingerprint density at radius 3 is 2.55 bits per heavy atom. The number of nitrogens with zero attached hydrogens (tertiary/aromatic N) is 2. The Morgan fingerprint density at radius 2 is 1.86 bits per heavy atom. The number of ether oxygens (including phenoxy) is 3. The third-order valence-corrected chi connectivity index (χ3v) is 5.29. The van der Waals surface area contributed by atoms with Crippen LogP contribution < -0.4 is 14.2 Å². The van der Waals surface area contributed by atoms with E-state index in [0.717, 1.165) is 35.1 Å². The summed E-state index contributed by atoms with van der Waals surface area (Å²) in [7, 11) is 5.38. The first-order chi connectivity index (χ1) is 14.1. The molecule has 3 rings (SSSR count). The van der Waals surface area contributed by atoms with Gasteiger partial charge in [-0.25, -0.2) is 4.98 Å². The lowest BCUT2D eigenvalue weighted by atomic mass is 10.2. The third kappa shape index (κ3) is 5.37. The monoisotopic (exact) mass is 410 g/mol. The van der Waals surface area contributed by atoms with Gasteiger partial charge >= 0.3 is 0 Å². The fourth-order valence-electron chi connectivity index (χ4n) is 3.05. The number of hydrogen-bond acceptors (Lipinski definition) is 6. The van der Waals surface area contributed by atoms with Crippen LogP contribution in [0.25, 0.3) is 10.6 Å². The van der Waals surface area contributed by atoms with Crippen LogP contribution in [0.3, 0.4) is 0 Å². The molecule has 5 nitrogen and oxygen atoms in total. The van der Waals surface area contributed by atoms with E-state index < -0.39 is 0 Å². The zero-order valence-corrected chi connectivity index (χ0v) is 17.9. The highest BCUT2D eigenvalue weighted by molar-refractivity contribution is 7.13. The van der Waals surface area contributed by atoms with Crippen molar-refractivity contribution in [1.82, 2.24) is 9.88 Å². The lowest BCUT2D eigenvalue weighted by Gasteiger charge is -2.15. The SMILES string of the molecule is C=CCOc1ccc(CN(C)Cc2csc(-c3cccc(OC)c3OC)n2)cc1. The maximum absolute atomic E-state index is 5.54. The molecular formula is C23H26N2O3S. The Hall–Kier alpha value is -2.83. The highest BCUT2D eigenvalue weighted by Gasteiger charge is 2.15. The van der Waals surface area contributed by atoms with Gasteiger partial charge in [0.1, 0.15) is 17.4 Å². The zero-order chi connectivity index (χ0) is 20.6. The normalized spacial score (nSPS) is 10.8. The molecule has 29 heavy (non-hydrogen) atoms. The summed E-state index contributed by atoms with van der Waals surface area (Å²) in [6.45, 7) is 5.77. The molecule has 0 N–H and O–H groups in total. The second kappa shape index (κ2) is 10.1. The molecule has 3 aromatic rings. The van der Waals surface area contributed by atoms with E-state index in [9.17, 15) is 0 Å². The number of aromatic nitrogens is 1. The van der Waals surface area contributed by atoms with E-state index in [1.165, 1.54) is 5.56 Å². The number of para-hydroxylation sites is 1. The third-order valence-electron chi connectivity index (χ3n) is 4.36. The first-order valence-corrected chi connectivity index (χ1v) is 10.2. The molecule has 0 radical (unpaired) electrons. The smallest absolute Gasteiger partial charge is 0.170 e. The van der Waals surface area contributed by atoms with Gasteiger partial charge in [0.15, 0.2) is 11.5 Å². The average Bonchev–Trinajstić information content (AvgIpc) is 3.20. The van der Waals surface area contributed by atoms with Crippen LogP contribution in [0, 0.1) is 0 Å². The number of methoxy groups -OCH3 is 2. The maximum Gasteiger partial charge on any atom is 0.170 e. The maximum atomic E-state index is 5.54. The summed E-state index contributed by atoms with van der Waals surface area (Å²) in [5.74, 6) is 2.27. The molecule has 1 heterocycles. The van der Waals surface area contributed by atoms with Crippen molar-refractivity contribution in [2.75, 3.05) is 27.9 Å². The Kier molecular flexibility index (Phi) is 7.27. The van der Waals surface area contributed by atoms with Crippen molar-refractivity contribution in [2.24, 2.45) is 0 Å². The van der Waals surface area contributed by atoms with E-state index in [-0.39, 0.29) is 0 Å². The van der Waals surface area contributed by atoms with E-state index in [4.69, 9.17) is 19.2 Å². The minimum atomic E-state index is 0.517. The van der Waals surface area contributed by atoms with Crippen LogP contribution in [0.15, 0.2) is 60.5 Å². The van der Waals surface area contributed by atoms with Gasteiger partial charge in [-0.05, 0) is 36.9 Å². The Labute approximate surface area is 176 Å². The van der Waals surface area contributed by atoms with Gasteiger partial charge in [0.2, 0.25) is 0 Å². The molecule has 0 saturated heterocycles. The zero-order valence-electron chi connectivity index (χ0n) is 17.1. The van der Waals surface area contributed by atoms with Crippen LogP contribution in [-0.2, 0) is 13.1 Å². The van der Waals surface area contributed by atoms with Gasteiger partial charge in [-0.3, -0.25) is 4.90 Å². The largest absolute Gasteiger partial charge is 0.493 e. The molecule has 0 fully saturated rings. The van der Waals surface area contributed by atoms with Gasteiger partial charge in [-0.1, -0.05) is 30.9 Å². The number of rotatable bonds is 10. The molecule has 0 spiro atoms. The number of thiazole rings is 1. The molecule has 0 unspecified atom stereocenters. The van der Waals surface area contributed by atoms with E-state index in [1.54, 1.807) is 31.6 Å². The minimum absolute atomic E-state index is 0.517. The minimum Gasteiger partial charge on any atom is -0.493 e. The van der Waals surface area contributed by atoms with Gasteiger partial charge in [0.05, 0.1) is 25.5 Å². The molecule has 0 saturated carbocycles. The highest BCUT2D eigenvalue weighted by Crippen LogP contribution is 2.39. The van der Waals surface area contributed by atoms with Gasteiger partial charge in [-0.2, -0.15) is 0 Å². The van der Waals surface area contributed by atoms with Crippen molar-refractivity contribution < 1.29 is 14.2 Å². The van der Waals surface area contributed by atoms with Crippen LogP contribution in [0.2, 0.25) is 0 Å². The lowest BCUT2D eigenvalue weighted by Crippen LogP contribution is -2.17. The summed E-state index contributed by atoms with van der Waals surface area (Å²) in [4.78, 5) is 7.04. The van der Waals surface area contributed by atoms with Crippen molar-refractivity contribution in [2.45, 2.75) is 13.1 Å². The molecule has 0 bridgehead atoms. The van der Waals surface area contributed by atoms with Crippen LogP contribution in [0.5, 0.6) is 17.2 Å². The highest BCUT2D eigenvalue weighted by atomic mass is 32.1. The van der Waals surface area contributed by atoms with Crippen molar-refractivity contribution in [3.8, 4) is 27.8 Å². The van der Waals surface area contributed by atoms with Crippen LogP contribution in [-0.4, -0.2) is 37.8 Å². The quantitative estimate of drug-likeness (QED) is 0.439. The molecule has 1 aromatic heterocycles. The fourth-order valence-corrected chi connectivity index (χ4v) is 3.88. The molecule has 2 aromatic carbocycles. The second-order valence-electron chi connectivity index (χ2n) is 6.60. The van der Waals surface area contributed by atoms with Crippen molar-refractivity contribution in [3.05, 3.63) is 71.8 Å². The Bertz CT molecular complexity index is 938. The van der Waals surface area contributed by atoms with Crippen molar-refractivity contribution in [1.29, 1.82) is 0 Å². The summed E-state index contributed by atoms with van der Waals surface area (Å²) in [6.07, 6.45) is 1.74. The predicted molar refractivity (Wildman–Crippen MR) is 118 cm³/mol. The van der Waals surface area contributed by atoms with E-state index in [0.29, 0.717) is 18.1 Å². The predicted octanol–water partition coefficient (Wildman–Crippen LogP) is 5.02. The summed E-state index contributed by atoms with van der Waals surface area (Å²) in [6, 6.07) is 14.0. The average molecular weight is 411 g/mol. The van der Waals surface area contributed by atoms with Gasteiger partial charge < -0.3 is 14.2 Å². The molecule has 0 aliphatic carbocycles. The van der Waals surface area contributed by atoms with Gasteiger partial charge in [0.25, 0.3) is 0 Å². The van der Waals surface area contributed by atoms with E-state index in [2.05, 4.69) is 36.0 Å². The second-order valence-corrected chi connectivity index (χ2v) is 7.46. The van der Waals surface area contributed by atoms with Gasteiger partial charge in [0, 0.05) is 18.5 Å². The number of hydrogen-bond donors (Lipinski definition) is 0. The molecule has 0 aliphatic heterocycles. The standard InChI is InChI=1S/C23H26N2O3S/c1-5-13-28-19-11-9-17(10-12-19)14-25(2)15-18-16-29-23(24-18)20-7-6-8-21(26-3)22(20)27-4/h5-12,16H,1,13-15H2,2-4H3. The molecule has 0 aliphatic rings. The summed E-state index contributed by atoms with van der Waals surface area (Å²) >= 11 is 1.61. The summed E-state index contributed by atoms with van der Waals surface area (Å²) < 4.78 is 16.5.